The van der Waals surface area contributed by atoms with Gasteiger partial charge in [0, 0.05) is 19.5 Å². The molecule has 0 saturated carbocycles. The van der Waals surface area contributed by atoms with Gasteiger partial charge in [0.05, 0.1) is 0 Å². The SMILES string of the molecule is [CH-]=Cc1ccccc1.[Zn]. The van der Waals surface area contributed by atoms with E-state index < -0.39 is 0 Å². The second kappa shape index (κ2) is 4.46. The van der Waals surface area contributed by atoms with Crippen LogP contribution in [0.15, 0.2) is 30.3 Å². The topological polar surface area (TPSA) is 0 Å². The van der Waals surface area contributed by atoms with E-state index in [9.17, 15) is 0 Å². The van der Waals surface area contributed by atoms with Crippen molar-refractivity contribution >= 4 is 6.08 Å². The minimum atomic E-state index is 0. The molecule has 1 heteroatoms. The first-order valence-corrected chi connectivity index (χ1v) is 2.53. The summed E-state index contributed by atoms with van der Waals surface area (Å²) in [6.07, 6.45) is 1.58. The second-order valence-electron chi connectivity index (χ2n) is 1.58. The Hall–Kier alpha value is -0.417. The van der Waals surface area contributed by atoms with Gasteiger partial charge in [-0.05, 0) is 0 Å². The van der Waals surface area contributed by atoms with Crippen LogP contribution in [0.5, 0.6) is 0 Å². The molecular weight excluding hydrogens is 161 g/mol. The van der Waals surface area contributed by atoms with E-state index in [4.69, 9.17) is 6.58 Å². The van der Waals surface area contributed by atoms with Crippen LogP contribution in [0, 0.1) is 6.58 Å². The molecule has 42 valence electrons. The van der Waals surface area contributed by atoms with Crippen molar-refractivity contribution in [3.05, 3.63) is 42.5 Å². The summed E-state index contributed by atoms with van der Waals surface area (Å²) < 4.78 is 0. The Morgan fingerprint density at radius 2 is 1.67 bits per heavy atom. The largest absolute Gasteiger partial charge is 0.292 e. The smallest absolute Gasteiger partial charge is 0 e. The summed E-state index contributed by atoms with van der Waals surface area (Å²) >= 11 is 0. The zero-order chi connectivity index (χ0) is 5.82. The predicted molar refractivity (Wildman–Crippen MR) is 35.2 cm³/mol. The van der Waals surface area contributed by atoms with Crippen molar-refractivity contribution in [2.45, 2.75) is 0 Å². The zero-order valence-electron chi connectivity index (χ0n) is 5.25. The molecule has 0 aliphatic heterocycles. The average Bonchev–Trinajstić information content (AvgIpc) is 1.90. The van der Waals surface area contributed by atoms with Crippen molar-refractivity contribution in [1.82, 2.24) is 0 Å². The Bertz CT molecular complexity index is 167. The fraction of sp³-hybridized carbons (Fsp3) is 0. The molecule has 1 aromatic carbocycles. The summed E-state index contributed by atoms with van der Waals surface area (Å²) in [7, 11) is 0. The first-order valence-electron chi connectivity index (χ1n) is 2.53. The Kier molecular flexibility index (Phi) is 4.25. The summed E-state index contributed by atoms with van der Waals surface area (Å²) in [4.78, 5) is 0. The summed E-state index contributed by atoms with van der Waals surface area (Å²) in [5, 5.41) is 0. The van der Waals surface area contributed by atoms with Gasteiger partial charge in [-0.15, -0.1) is 12.1 Å². The van der Waals surface area contributed by atoms with Crippen molar-refractivity contribution in [2.24, 2.45) is 0 Å². The van der Waals surface area contributed by atoms with E-state index in [2.05, 4.69) is 0 Å². The van der Waals surface area contributed by atoms with Crippen LogP contribution >= 0.6 is 0 Å². The number of rotatable bonds is 1. The Morgan fingerprint density at radius 1 is 1.11 bits per heavy atom. The molecule has 0 fully saturated rings. The third kappa shape index (κ3) is 2.57. The molecule has 0 radical (unpaired) electrons. The van der Waals surface area contributed by atoms with Gasteiger partial charge in [0.15, 0.2) is 0 Å². The van der Waals surface area contributed by atoms with Crippen molar-refractivity contribution in [3.63, 3.8) is 0 Å². The molecule has 1 rings (SSSR count). The molecule has 9 heavy (non-hydrogen) atoms. The van der Waals surface area contributed by atoms with Gasteiger partial charge in [0.2, 0.25) is 0 Å². The zero-order valence-corrected chi connectivity index (χ0v) is 8.22. The minimum Gasteiger partial charge on any atom is -0.292 e. The van der Waals surface area contributed by atoms with Crippen LogP contribution < -0.4 is 0 Å². The van der Waals surface area contributed by atoms with Gasteiger partial charge < -0.3 is 0 Å². The van der Waals surface area contributed by atoms with Crippen LogP contribution in [0.2, 0.25) is 0 Å². The molecule has 0 heterocycles. The average molecular weight is 169 g/mol. The van der Waals surface area contributed by atoms with Crippen LogP contribution in [0.1, 0.15) is 5.56 Å². The van der Waals surface area contributed by atoms with E-state index in [0.717, 1.165) is 5.56 Å². The van der Waals surface area contributed by atoms with E-state index in [1.165, 1.54) is 0 Å². The van der Waals surface area contributed by atoms with Gasteiger partial charge in [-0.1, -0.05) is 18.2 Å². The Morgan fingerprint density at radius 3 is 2.00 bits per heavy atom. The summed E-state index contributed by atoms with van der Waals surface area (Å²) in [6.45, 7) is 5.22. The van der Waals surface area contributed by atoms with Gasteiger partial charge in [-0.25, -0.2) is 6.08 Å². The molecule has 0 amide bonds. The van der Waals surface area contributed by atoms with Crippen molar-refractivity contribution < 1.29 is 19.5 Å². The molecule has 0 aliphatic carbocycles. The Balaban J connectivity index is 0.000000640. The van der Waals surface area contributed by atoms with E-state index in [-0.39, 0.29) is 19.5 Å². The van der Waals surface area contributed by atoms with Crippen LogP contribution in [-0.4, -0.2) is 0 Å². The molecule has 0 saturated heterocycles. The summed E-state index contributed by atoms with van der Waals surface area (Å²) in [6, 6.07) is 9.80. The van der Waals surface area contributed by atoms with Gasteiger partial charge in [-0.2, -0.15) is 5.56 Å². The normalized spacial score (nSPS) is 7.56. The fourth-order valence-electron chi connectivity index (χ4n) is 0.564. The molecule has 0 spiro atoms. The first kappa shape index (κ1) is 8.58. The van der Waals surface area contributed by atoms with Crippen LogP contribution in [0.4, 0.5) is 0 Å². The quantitative estimate of drug-likeness (QED) is 0.445. The summed E-state index contributed by atoms with van der Waals surface area (Å²) in [5.74, 6) is 0. The van der Waals surface area contributed by atoms with Crippen molar-refractivity contribution in [3.8, 4) is 0 Å². The predicted octanol–water partition coefficient (Wildman–Crippen LogP) is 2.13. The number of hydrogen-bond donors (Lipinski definition) is 0. The van der Waals surface area contributed by atoms with E-state index in [1.54, 1.807) is 6.08 Å². The van der Waals surface area contributed by atoms with E-state index in [0.29, 0.717) is 0 Å². The maximum Gasteiger partial charge on any atom is 0 e. The molecule has 1 aromatic rings. The Labute approximate surface area is 68.4 Å². The maximum atomic E-state index is 5.22. The van der Waals surface area contributed by atoms with E-state index in [1.807, 2.05) is 30.3 Å². The van der Waals surface area contributed by atoms with Crippen LogP contribution in [-0.2, 0) is 19.5 Å². The fourth-order valence-corrected chi connectivity index (χ4v) is 0.564. The third-order valence-corrected chi connectivity index (χ3v) is 0.992. The number of benzene rings is 1. The molecule has 0 N–H and O–H groups in total. The van der Waals surface area contributed by atoms with Crippen molar-refractivity contribution in [2.75, 3.05) is 0 Å². The van der Waals surface area contributed by atoms with Gasteiger partial charge >= 0.3 is 0 Å². The maximum absolute atomic E-state index is 5.22. The van der Waals surface area contributed by atoms with Gasteiger partial charge in [-0.3, -0.25) is 6.58 Å². The van der Waals surface area contributed by atoms with Crippen LogP contribution in [0.3, 0.4) is 0 Å². The van der Waals surface area contributed by atoms with Crippen LogP contribution in [0.25, 0.3) is 6.08 Å². The van der Waals surface area contributed by atoms with Gasteiger partial charge in [0.1, 0.15) is 0 Å². The standard InChI is InChI=1S/C8H7.Zn/c1-2-8-6-4-3-5-7-8;/h1-7H;/q-1;. The van der Waals surface area contributed by atoms with Crippen molar-refractivity contribution in [1.29, 1.82) is 0 Å². The number of hydrogen-bond acceptors (Lipinski definition) is 0. The third-order valence-electron chi connectivity index (χ3n) is 0.992. The molecule has 0 aromatic heterocycles. The molecule has 0 aliphatic rings. The van der Waals surface area contributed by atoms with Gasteiger partial charge in [0.25, 0.3) is 0 Å². The molecular formula is C8H7Zn-. The molecule has 0 atom stereocenters. The molecule has 0 nitrogen and oxygen atoms in total. The first-order chi connectivity index (χ1) is 3.93. The monoisotopic (exact) mass is 167 g/mol. The molecule has 0 bridgehead atoms. The molecule has 0 unspecified atom stereocenters. The van der Waals surface area contributed by atoms with E-state index >= 15 is 0 Å². The summed E-state index contributed by atoms with van der Waals surface area (Å²) in [5.41, 5.74) is 1.06. The minimum absolute atomic E-state index is 0. The second-order valence-corrected chi connectivity index (χ2v) is 1.58.